The maximum atomic E-state index is 13.9. The van der Waals surface area contributed by atoms with Crippen LogP contribution in [0.15, 0.2) is 72.8 Å². The fourth-order valence-corrected chi connectivity index (χ4v) is 6.25. The van der Waals surface area contributed by atoms with Crippen molar-refractivity contribution in [2.75, 3.05) is 11.5 Å². The minimum absolute atomic E-state index is 0.253. The van der Waals surface area contributed by atoms with Gasteiger partial charge in [-0.3, -0.25) is 9.59 Å². The molecule has 4 aliphatic rings. The molecule has 6 nitrogen and oxygen atoms in total. The number of anilines is 1. The molecule has 1 fully saturated rings. The molecule has 2 amide bonds. The van der Waals surface area contributed by atoms with Crippen LogP contribution in [0.5, 0.6) is 0 Å². The van der Waals surface area contributed by atoms with E-state index in [0.29, 0.717) is 11.3 Å². The number of aldehydes is 1. The molecule has 2 unspecified atom stereocenters. The van der Waals surface area contributed by atoms with Crippen molar-refractivity contribution in [2.45, 2.75) is 18.3 Å². The van der Waals surface area contributed by atoms with Crippen molar-refractivity contribution in [1.82, 2.24) is 0 Å². The number of amides is 2. The van der Waals surface area contributed by atoms with Gasteiger partial charge in [0.15, 0.2) is 0 Å². The zero-order valence-corrected chi connectivity index (χ0v) is 18.4. The zero-order chi connectivity index (χ0) is 23.6. The van der Waals surface area contributed by atoms with Crippen LogP contribution in [0.4, 0.5) is 5.69 Å². The van der Waals surface area contributed by atoms with E-state index in [2.05, 4.69) is 0 Å². The Morgan fingerprint density at radius 1 is 0.912 bits per heavy atom. The second kappa shape index (κ2) is 7.22. The van der Waals surface area contributed by atoms with Gasteiger partial charge in [-0.05, 0) is 53.4 Å². The summed E-state index contributed by atoms with van der Waals surface area (Å²) in [6.45, 7) is 1.98. The average Bonchev–Trinajstić information content (AvgIpc) is 3.15. The Morgan fingerprint density at radius 2 is 1.50 bits per heavy atom. The van der Waals surface area contributed by atoms with Crippen LogP contribution < -0.4 is 4.90 Å². The number of carbonyl (C=O) groups is 4. The highest BCUT2D eigenvalue weighted by Crippen LogP contribution is 2.63. The summed E-state index contributed by atoms with van der Waals surface area (Å²) in [4.78, 5) is 53.9. The fourth-order valence-electron chi connectivity index (χ4n) is 6.25. The van der Waals surface area contributed by atoms with Gasteiger partial charge in [0, 0.05) is 5.92 Å². The van der Waals surface area contributed by atoms with Crippen molar-refractivity contribution < 1.29 is 23.9 Å². The van der Waals surface area contributed by atoms with E-state index in [-0.39, 0.29) is 24.3 Å². The third-order valence-electron chi connectivity index (χ3n) is 7.51. The lowest BCUT2D eigenvalue weighted by Crippen LogP contribution is -2.54. The molecule has 6 heteroatoms. The monoisotopic (exact) mass is 451 g/mol. The predicted molar refractivity (Wildman–Crippen MR) is 123 cm³/mol. The molecule has 1 heterocycles. The molecule has 7 rings (SSSR count). The molecule has 0 aromatic heterocycles. The summed E-state index contributed by atoms with van der Waals surface area (Å²) < 4.78 is 5.02. The fraction of sp³-hybridized carbons (Fsp3) is 0.214. The molecule has 168 valence electrons. The second-order valence-electron chi connectivity index (χ2n) is 8.92. The molecule has 3 aliphatic carbocycles. The Balaban J connectivity index is 1.51. The van der Waals surface area contributed by atoms with Crippen LogP contribution >= 0.6 is 0 Å². The first-order valence-corrected chi connectivity index (χ1v) is 11.3. The van der Waals surface area contributed by atoms with E-state index in [0.717, 1.165) is 28.5 Å². The summed E-state index contributed by atoms with van der Waals surface area (Å²) in [5.41, 5.74) is 2.95. The van der Waals surface area contributed by atoms with Gasteiger partial charge in [-0.1, -0.05) is 48.5 Å². The quantitative estimate of drug-likeness (QED) is 0.344. The lowest BCUT2D eigenvalue weighted by molar-refractivity contribution is -0.128. The summed E-state index contributed by atoms with van der Waals surface area (Å²) in [5, 5.41) is 0. The van der Waals surface area contributed by atoms with Crippen LogP contribution in [0.2, 0.25) is 0 Å². The first kappa shape index (κ1) is 20.5. The van der Waals surface area contributed by atoms with Crippen LogP contribution in [0.1, 0.15) is 45.5 Å². The second-order valence-corrected chi connectivity index (χ2v) is 8.92. The number of benzene rings is 3. The number of ether oxygens (including phenoxy) is 1. The highest BCUT2D eigenvalue weighted by Gasteiger charge is 2.68. The number of carbonyl (C=O) groups excluding carboxylic acids is 4. The Morgan fingerprint density at radius 3 is 2.06 bits per heavy atom. The van der Waals surface area contributed by atoms with Gasteiger partial charge in [0.25, 0.3) is 0 Å². The van der Waals surface area contributed by atoms with Gasteiger partial charge >= 0.3 is 5.97 Å². The number of hydrogen-bond donors (Lipinski definition) is 0. The van der Waals surface area contributed by atoms with Crippen molar-refractivity contribution in [2.24, 2.45) is 11.8 Å². The van der Waals surface area contributed by atoms with Gasteiger partial charge in [-0.15, -0.1) is 0 Å². The van der Waals surface area contributed by atoms with Crippen molar-refractivity contribution in [3.63, 3.8) is 0 Å². The Hall–Kier alpha value is -4.06. The zero-order valence-electron chi connectivity index (χ0n) is 18.4. The van der Waals surface area contributed by atoms with E-state index in [4.69, 9.17) is 4.74 Å². The lowest BCUT2D eigenvalue weighted by atomic mass is 9.48. The number of imide groups is 1. The maximum absolute atomic E-state index is 13.9. The molecule has 0 saturated carbocycles. The van der Waals surface area contributed by atoms with E-state index in [1.165, 1.54) is 4.90 Å². The number of rotatable bonds is 4. The van der Waals surface area contributed by atoms with E-state index in [1.807, 2.05) is 48.5 Å². The highest BCUT2D eigenvalue weighted by molar-refractivity contribution is 6.24. The summed E-state index contributed by atoms with van der Waals surface area (Å²) in [7, 11) is 0. The standard InChI is InChI=1S/C28H21NO5/c1-2-34-27(33)16-11-13-17(14-12-16)29-25(31)23-22-18-7-3-5-9-20(18)28(15-30,24(23)26(29)32)21-10-6-4-8-19(21)22/h3-15,22-24H,2H2,1H3. The first-order valence-electron chi connectivity index (χ1n) is 11.3. The van der Waals surface area contributed by atoms with Crippen molar-refractivity contribution in [1.29, 1.82) is 0 Å². The minimum Gasteiger partial charge on any atom is -0.462 e. The van der Waals surface area contributed by atoms with Crippen LogP contribution in [0.3, 0.4) is 0 Å². The molecule has 1 aliphatic heterocycles. The van der Waals surface area contributed by atoms with Crippen LogP contribution in [-0.4, -0.2) is 30.7 Å². The average molecular weight is 451 g/mol. The molecule has 34 heavy (non-hydrogen) atoms. The third-order valence-corrected chi connectivity index (χ3v) is 7.51. The predicted octanol–water partition coefficient (Wildman–Crippen LogP) is 3.61. The SMILES string of the molecule is CCOC(=O)c1ccc(N2C(=O)C3C4c5ccccc5C(C=O)(c5ccccc54)C3C2=O)cc1. The molecule has 3 aromatic rings. The Bertz CT molecular complexity index is 1330. The van der Waals surface area contributed by atoms with E-state index < -0.39 is 23.2 Å². The number of nitrogens with zero attached hydrogens (tertiary/aromatic N) is 1. The van der Waals surface area contributed by atoms with Crippen molar-refractivity contribution >= 4 is 29.8 Å². The van der Waals surface area contributed by atoms with Crippen LogP contribution in [-0.2, 0) is 24.5 Å². The van der Waals surface area contributed by atoms with Crippen molar-refractivity contribution in [3.05, 3.63) is 101 Å². The molecule has 1 saturated heterocycles. The van der Waals surface area contributed by atoms with Gasteiger partial charge < -0.3 is 9.53 Å². The Labute approximate surface area is 196 Å². The molecule has 3 aromatic carbocycles. The highest BCUT2D eigenvalue weighted by atomic mass is 16.5. The molecule has 0 spiro atoms. The maximum Gasteiger partial charge on any atom is 0.338 e. The van der Waals surface area contributed by atoms with E-state index >= 15 is 0 Å². The van der Waals surface area contributed by atoms with Gasteiger partial charge in [0.1, 0.15) is 6.29 Å². The molecule has 2 bridgehead atoms. The topological polar surface area (TPSA) is 80.8 Å². The van der Waals surface area contributed by atoms with E-state index in [1.54, 1.807) is 31.2 Å². The number of esters is 1. The third kappa shape index (κ3) is 2.40. The number of hydrogen-bond acceptors (Lipinski definition) is 5. The first-order chi connectivity index (χ1) is 16.5. The normalized spacial score (nSPS) is 26.0. The summed E-state index contributed by atoms with van der Waals surface area (Å²) >= 11 is 0. The molecule has 0 N–H and O–H groups in total. The van der Waals surface area contributed by atoms with Gasteiger partial charge in [0.2, 0.25) is 11.8 Å². The lowest BCUT2D eigenvalue weighted by Gasteiger charge is -2.51. The largest absolute Gasteiger partial charge is 0.462 e. The van der Waals surface area contributed by atoms with Gasteiger partial charge in [-0.2, -0.15) is 0 Å². The van der Waals surface area contributed by atoms with Crippen LogP contribution in [0.25, 0.3) is 0 Å². The Kier molecular flexibility index (Phi) is 4.36. The van der Waals surface area contributed by atoms with Crippen molar-refractivity contribution in [3.8, 4) is 0 Å². The van der Waals surface area contributed by atoms with Gasteiger partial charge in [-0.25, -0.2) is 9.69 Å². The van der Waals surface area contributed by atoms with E-state index in [9.17, 15) is 19.2 Å². The molecular weight excluding hydrogens is 430 g/mol. The van der Waals surface area contributed by atoms with Crippen LogP contribution in [0, 0.1) is 11.8 Å². The molecular formula is C28H21NO5. The summed E-state index contributed by atoms with van der Waals surface area (Å²) in [6.07, 6.45) is 0.857. The molecule has 2 atom stereocenters. The van der Waals surface area contributed by atoms with Gasteiger partial charge in [0.05, 0.1) is 35.1 Å². The molecule has 0 radical (unpaired) electrons. The minimum atomic E-state index is -1.22. The summed E-state index contributed by atoms with van der Waals surface area (Å²) in [6, 6.07) is 21.5. The summed E-state index contributed by atoms with van der Waals surface area (Å²) in [5.74, 6) is -2.98. The smallest absolute Gasteiger partial charge is 0.338 e.